The van der Waals surface area contributed by atoms with Gasteiger partial charge in [0.15, 0.2) is 0 Å². The average Bonchev–Trinajstić information content (AvgIpc) is 2.43. The summed E-state index contributed by atoms with van der Waals surface area (Å²) in [4.78, 5) is 0. The van der Waals surface area contributed by atoms with Crippen molar-refractivity contribution in [2.75, 3.05) is 13.2 Å². The molecule has 0 spiro atoms. The van der Waals surface area contributed by atoms with E-state index in [9.17, 15) is 0 Å². The van der Waals surface area contributed by atoms with Crippen LogP contribution in [0.4, 0.5) is 0 Å². The Kier molecular flexibility index (Phi) is 13.6. The molecule has 0 fully saturated rings. The summed E-state index contributed by atoms with van der Waals surface area (Å²) in [7, 11) is 0. The number of ether oxygens (including phenoxy) is 2. The first-order valence-electron chi connectivity index (χ1n) is 7.46. The molecule has 0 aromatic rings. The van der Waals surface area contributed by atoms with Gasteiger partial charge in [-0.3, -0.25) is 0 Å². The lowest BCUT2D eigenvalue weighted by atomic mass is 10.2. The number of hydrogen-bond donors (Lipinski definition) is 0. The zero-order valence-electron chi connectivity index (χ0n) is 12.7. The summed E-state index contributed by atoms with van der Waals surface area (Å²) in [5.74, 6) is 6.46. The van der Waals surface area contributed by atoms with E-state index in [4.69, 9.17) is 9.47 Å². The van der Waals surface area contributed by atoms with Crippen molar-refractivity contribution in [2.45, 2.75) is 59.3 Å². The second-order valence-corrected chi connectivity index (χ2v) is 4.35. The fraction of sp³-hybridized carbons (Fsp3) is 0.647. The van der Waals surface area contributed by atoms with Gasteiger partial charge in [-0.05, 0) is 31.8 Å². The molecule has 19 heavy (non-hydrogen) atoms. The minimum atomic E-state index is 0.538. The van der Waals surface area contributed by atoms with Gasteiger partial charge in [0.1, 0.15) is 0 Å². The van der Waals surface area contributed by atoms with Gasteiger partial charge >= 0.3 is 0 Å². The molecule has 0 heterocycles. The van der Waals surface area contributed by atoms with Crippen molar-refractivity contribution in [1.82, 2.24) is 0 Å². The molecule has 0 aromatic heterocycles. The van der Waals surface area contributed by atoms with Crippen LogP contribution in [0.2, 0.25) is 0 Å². The van der Waals surface area contributed by atoms with Crippen molar-refractivity contribution in [3.63, 3.8) is 0 Å². The summed E-state index contributed by atoms with van der Waals surface area (Å²) < 4.78 is 10.9. The Morgan fingerprint density at radius 1 is 0.895 bits per heavy atom. The molecule has 0 radical (unpaired) electrons. The van der Waals surface area contributed by atoms with Crippen LogP contribution in [0.1, 0.15) is 59.3 Å². The van der Waals surface area contributed by atoms with Gasteiger partial charge in [-0.25, -0.2) is 0 Å². The van der Waals surface area contributed by atoms with E-state index in [0.717, 1.165) is 19.3 Å². The summed E-state index contributed by atoms with van der Waals surface area (Å²) >= 11 is 0. The molecule has 0 aliphatic heterocycles. The van der Waals surface area contributed by atoms with Gasteiger partial charge in [-0.15, -0.1) is 0 Å². The van der Waals surface area contributed by atoms with Gasteiger partial charge in [0.05, 0.1) is 19.3 Å². The minimum Gasteiger partial charge on any atom is -0.465 e. The van der Waals surface area contributed by atoms with Crippen molar-refractivity contribution >= 4 is 0 Å². The predicted octanol–water partition coefficient (Wildman–Crippen LogP) is 4.82. The maximum atomic E-state index is 5.47. The Labute approximate surface area is 118 Å². The lowest BCUT2D eigenvalue weighted by molar-refractivity contribution is 0.0361. The molecule has 2 heteroatoms. The largest absolute Gasteiger partial charge is 0.465 e. The summed E-state index contributed by atoms with van der Waals surface area (Å²) in [6.07, 6.45) is 12.6. The summed E-state index contributed by atoms with van der Waals surface area (Å²) in [6.45, 7) is 7.70. The van der Waals surface area contributed by atoms with Crippen LogP contribution in [0.5, 0.6) is 0 Å². The fourth-order valence-electron chi connectivity index (χ4n) is 1.33. The van der Waals surface area contributed by atoms with Crippen molar-refractivity contribution < 1.29 is 9.47 Å². The summed E-state index contributed by atoms with van der Waals surface area (Å²) in [5, 5.41) is 0. The quantitative estimate of drug-likeness (QED) is 0.320. The molecule has 0 unspecified atom stereocenters. The van der Waals surface area contributed by atoms with E-state index < -0.39 is 0 Å². The van der Waals surface area contributed by atoms with E-state index in [2.05, 4.69) is 38.7 Å². The van der Waals surface area contributed by atoms with Crippen molar-refractivity contribution in [2.24, 2.45) is 0 Å². The molecule has 0 atom stereocenters. The summed E-state index contributed by atoms with van der Waals surface area (Å²) in [5.41, 5.74) is 0. The Hall–Kier alpha value is -1.36. The molecule has 0 aliphatic carbocycles. The molecule has 0 bridgehead atoms. The Morgan fingerprint density at radius 2 is 1.58 bits per heavy atom. The van der Waals surface area contributed by atoms with Gasteiger partial charge in [-0.1, -0.05) is 51.5 Å². The maximum absolute atomic E-state index is 5.47. The van der Waals surface area contributed by atoms with E-state index in [1.165, 1.54) is 19.3 Å². The molecule has 0 aliphatic rings. The Bertz CT molecular complexity index is 295. The first kappa shape index (κ1) is 17.6. The van der Waals surface area contributed by atoms with E-state index in [-0.39, 0.29) is 0 Å². The molecule has 0 saturated heterocycles. The number of rotatable bonds is 10. The second-order valence-electron chi connectivity index (χ2n) is 4.35. The van der Waals surface area contributed by atoms with Crippen molar-refractivity contribution in [3.05, 3.63) is 24.2 Å². The second kappa shape index (κ2) is 14.7. The van der Waals surface area contributed by atoms with E-state index >= 15 is 0 Å². The zero-order valence-corrected chi connectivity index (χ0v) is 12.7. The SMILES string of the molecule is CCCCC/C=C\C#CC=C(OCCC)OCCC. The monoisotopic (exact) mass is 264 g/mol. The smallest absolute Gasteiger partial charge is 0.287 e. The zero-order chi connectivity index (χ0) is 14.2. The van der Waals surface area contributed by atoms with E-state index in [1.54, 1.807) is 6.08 Å². The maximum Gasteiger partial charge on any atom is 0.287 e. The van der Waals surface area contributed by atoms with Crippen LogP contribution in [0.25, 0.3) is 0 Å². The van der Waals surface area contributed by atoms with Crippen LogP contribution in [0, 0.1) is 11.8 Å². The number of unbranched alkanes of at least 4 members (excludes halogenated alkanes) is 3. The fourth-order valence-corrected chi connectivity index (χ4v) is 1.33. The molecule has 0 amide bonds. The molecule has 0 N–H and O–H groups in total. The van der Waals surface area contributed by atoms with Crippen molar-refractivity contribution in [3.8, 4) is 11.8 Å². The first-order valence-corrected chi connectivity index (χ1v) is 7.46. The van der Waals surface area contributed by atoms with Crippen LogP contribution in [-0.2, 0) is 9.47 Å². The number of hydrogen-bond acceptors (Lipinski definition) is 2. The third-order valence-electron chi connectivity index (χ3n) is 2.35. The molecule has 108 valence electrons. The lowest BCUT2D eigenvalue weighted by Crippen LogP contribution is -1.99. The van der Waals surface area contributed by atoms with Crippen LogP contribution in [0.15, 0.2) is 24.2 Å². The molecular weight excluding hydrogens is 236 g/mol. The number of allylic oxidation sites excluding steroid dienone is 3. The standard InChI is InChI=1S/C17H28O2/c1-4-7-8-9-10-11-12-13-14-17(18-15-5-2)19-16-6-3/h10-11,14H,4-9,15-16H2,1-3H3/b11-10-. The molecule has 0 aromatic carbocycles. The van der Waals surface area contributed by atoms with Gasteiger partial charge in [0, 0.05) is 0 Å². The Balaban J connectivity index is 4.05. The minimum absolute atomic E-state index is 0.538. The topological polar surface area (TPSA) is 18.5 Å². The Morgan fingerprint density at radius 3 is 2.16 bits per heavy atom. The third kappa shape index (κ3) is 12.9. The lowest BCUT2D eigenvalue weighted by Gasteiger charge is -2.08. The molecule has 0 rings (SSSR count). The van der Waals surface area contributed by atoms with Crippen LogP contribution in [0.3, 0.4) is 0 Å². The van der Waals surface area contributed by atoms with E-state index in [1.807, 2.05) is 6.08 Å². The molecular formula is C17H28O2. The van der Waals surface area contributed by atoms with Gasteiger partial charge in [-0.2, -0.15) is 0 Å². The predicted molar refractivity (Wildman–Crippen MR) is 81.6 cm³/mol. The highest BCUT2D eigenvalue weighted by molar-refractivity contribution is 5.23. The highest BCUT2D eigenvalue weighted by Crippen LogP contribution is 2.01. The average molecular weight is 264 g/mol. The van der Waals surface area contributed by atoms with Gasteiger partial charge < -0.3 is 9.47 Å². The summed E-state index contributed by atoms with van der Waals surface area (Å²) in [6, 6.07) is 0. The normalized spacial score (nSPS) is 9.84. The van der Waals surface area contributed by atoms with Gasteiger partial charge in [0.2, 0.25) is 0 Å². The third-order valence-corrected chi connectivity index (χ3v) is 2.35. The molecule has 2 nitrogen and oxygen atoms in total. The highest BCUT2D eigenvalue weighted by atomic mass is 16.7. The van der Waals surface area contributed by atoms with Crippen LogP contribution in [-0.4, -0.2) is 13.2 Å². The van der Waals surface area contributed by atoms with Gasteiger partial charge in [0.25, 0.3) is 5.95 Å². The first-order chi connectivity index (χ1) is 9.35. The van der Waals surface area contributed by atoms with E-state index in [0.29, 0.717) is 19.2 Å². The van der Waals surface area contributed by atoms with Crippen LogP contribution >= 0.6 is 0 Å². The van der Waals surface area contributed by atoms with Crippen LogP contribution < -0.4 is 0 Å². The van der Waals surface area contributed by atoms with Crippen molar-refractivity contribution in [1.29, 1.82) is 0 Å². The molecule has 0 saturated carbocycles. The highest BCUT2D eigenvalue weighted by Gasteiger charge is 1.96.